The van der Waals surface area contributed by atoms with Gasteiger partial charge in [0.15, 0.2) is 0 Å². The molecule has 194 valence electrons. The summed E-state index contributed by atoms with van der Waals surface area (Å²) >= 11 is 1.28. The van der Waals surface area contributed by atoms with E-state index in [9.17, 15) is 4.79 Å². The number of aryl methyl sites for hydroxylation is 1. The molecule has 0 spiro atoms. The highest BCUT2D eigenvalue weighted by Crippen LogP contribution is 2.42. The van der Waals surface area contributed by atoms with Crippen LogP contribution in [0.4, 0.5) is 17.2 Å². The number of nitrogens with one attached hydrogen (secondary N) is 1. The first-order valence-corrected chi connectivity index (χ1v) is 12.8. The molecule has 2 aromatic heterocycles. The minimum Gasteiger partial charge on any atom is -0.492 e. The molecule has 1 fully saturated rings. The fraction of sp³-hybridized carbons (Fsp3) is 0.480. The van der Waals surface area contributed by atoms with Crippen LogP contribution in [0.25, 0.3) is 10.2 Å². The van der Waals surface area contributed by atoms with Crippen LogP contribution in [0, 0.1) is 6.92 Å². The number of fused-ring (bicyclic) bond motifs is 1. The summed E-state index contributed by atoms with van der Waals surface area (Å²) in [5, 5.41) is 4.17. The van der Waals surface area contributed by atoms with Gasteiger partial charge in [-0.3, -0.25) is 0 Å². The van der Waals surface area contributed by atoms with E-state index in [-0.39, 0.29) is 6.61 Å². The van der Waals surface area contributed by atoms with Gasteiger partial charge in [-0.15, -0.1) is 11.3 Å². The Bertz CT molecular complexity index is 1190. The van der Waals surface area contributed by atoms with E-state index in [1.807, 2.05) is 32.9 Å². The maximum Gasteiger partial charge on any atom is 0.348 e. The first-order chi connectivity index (χ1) is 17.6. The lowest BCUT2D eigenvalue weighted by molar-refractivity contribution is 0.0393. The van der Waals surface area contributed by atoms with E-state index in [1.54, 1.807) is 7.11 Å². The van der Waals surface area contributed by atoms with Gasteiger partial charge in [0.05, 0.1) is 49.8 Å². The predicted octanol–water partition coefficient (Wildman–Crippen LogP) is 4.18. The summed E-state index contributed by atoms with van der Waals surface area (Å²) in [4.78, 5) is 24.9. The monoisotopic (exact) mass is 516 g/mol. The number of carbonyl (C=O) groups is 1. The average molecular weight is 517 g/mol. The van der Waals surface area contributed by atoms with E-state index in [0.717, 1.165) is 35.5 Å². The second-order valence-corrected chi connectivity index (χ2v) is 8.99. The van der Waals surface area contributed by atoms with Gasteiger partial charge in [0.2, 0.25) is 0 Å². The normalized spacial score (nSPS) is 13.6. The number of carbonyl (C=O) groups excluding carboxylic acids is 1. The van der Waals surface area contributed by atoms with Gasteiger partial charge in [-0.2, -0.15) is 0 Å². The van der Waals surface area contributed by atoms with Crippen molar-refractivity contribution in [3.8, 4) is 11.5 Å². The fourth-order valence-electron chi connectivity index (χ4n) is 4.02. The maximum absolute atomic E-state index is 12.6. The molecule has 3 aromatic rings. The highest BCUT2D eigenvalue weighted by molar-refractivity contribution is 7.20. The quantitative estimate of drug-likeness (QED) is 0.295. The Balaban J connectivity index is 1.71. The smallest absolute Gasteiger partial charge is 0.348 e. The number of methoxy groups -OCH3 is 1. The van der Waals surface area contributed by atoms with E-state index < -0.39 is 5.97 Å². The third-order valence-corrected chi connectivity index (χ3v) is 6.88. The predicted molar refractivity (Wildman–Crippen MR) is 139 cm³/mol. The van der Waals surface area contributed by atoms with Crippen LogP contribution in [0.3, 0.4) is 0 Å². The maximum atomic E-state index is 12.6. The van der Waals surface area contributed by atoms with Gasteiger partial charge in [0, 0.05) is 32.3 Å². The summed E-state index contributed by atoms with van der Waals surface area (Å²) in [6.45, 7) is 10.2. The number of benzene rings is 1. The topological polar surface area (TPSA) is 104 Å². The van der Waals surface area contributed by atoms with Crippen molar-refractivity contribution >= 4 is 44.7 Å². The van der Waals surface area contributed by atoms with E-state index in [0.29, 0.717) is 60.0 Å². The third-order valence-electron chi connectivity index (χ3n) is 5.70. The molecule has 11 heteroatoms. The molecule has 0 saturated carbocycles. The largest absolute Gasteiger partial charge is 0.492 e. The second-order valence-electron chi connectivity index (χ2n) is 7.99. The van der Waals surface area contributed by atoms with Gasteiger partial charge >= 0.3 is 5.97 Å². The lowest BCUT2D eigenvalue weighted by Crippen LogP contribution is -2.36. The van der Waals surface area contributed by atoms with E-state index in [2.05, 4.69) is 20.2 Å². The Kier molecular flexibility index (Phi) is 8.79. The highest BCUT2D eigenvalue weighted by atomic mass is 32.1. The zero-order chi connectivity index (χ0) is 25.5. The third kappa shape index (κ3) is 5.63. The number of thiophene rings is 1. The Morgan fingerprint density at radius 1 is 1.11 bits per heavy atom. The molecular formula is C25H32N4O6S. The number of nitrogens with zero attached hydrogens (tertiary/aromatic N) is 3. The number of aromatic nitrogens is 2. The summed E-state index contributed by atoms with van der Waals surface area (Å²) < 4.78 is 27.8. The van der Waals surface area contributed by atoms with Crippen LogP contribution in [0.5, 0.6) is 11.5 Å². The molecule has 1 aromatic carbocycles. The van der Waals surface area contributed by atoms with Crippen LogP contribution < -0.4 is 19.7 Å². The summed E-state index contributed by atoms with van der Waals surface area (Å²) in [5.41, 5.74) is 2.44. The molecule has 0 bridgehead atoms. The van der Waals surface area contributed by atoms with Gasteiger partial charge in [-0.05, 0) is 26.3 Å². The van der Waals surface area contributed by atoms with Crippen LogP contribution in [0.2, 0.25) is 0 Å². The molecular weight excluding hydrogens is 484 g/mol. The first-order valence-electron chi connectivity index (χ1n) is 12.0. The van der Waals surface area contributed by atoms with Gasteiger partial charge in [-0.1, -0.05) is 0 Å². The van der Waals surface area contributed by atoms with Crippen molar-refractivity contribution in [3.63, 3.8) is 0 Å². The Morgan fingerprint density at radius 2 is 1.86 bits per heavy atom. The molecule has 10 nitrogen and oxygen atoms in total. The minimum atomic E-state index is -0.401. The summed E-state index contributed by atoms with van der Waals surface area (Å²) in [7, 11) is 1.56. The Hall–Kier alpha value is -3.15. The van der Waals surface area contributed by atoms with Crippen LogP contribution in [0.15, 0.2) is 18.5 Å². The number of ether oxygens (including phenoxy) is 5. The van der Waals surface area contributed by atoms with Gasteiger partial charge < -0.3 is 33.9 Å². The lowest BCUT2D eigenvalue weighted by Gasteiger charge is -2.31. The van der Waals surface area contributed by atoms with Crippen LogP contribution in [-0.4, -0.2) is 75.8 Å². The summed E-state index contributed by atoms with van der Waals surface area (Å²) in [6, 6.07) is 3.94. The number of hydrogen-bond donors (Lipinski definition) is 1. The Morgan fingerprint density at radius 3 is 2.58 bits per heavy atom. The zero-order valence-corrected chi connectivity index (χ0v) is 21.9. The lowest BCUT2D eigenvalue weighted by atomic mass is 10.1. The number of hydrogen-bond acceptors (Lipinski definition) is 11. The van der Waals surface area contributed by atoms with Crippen molar-refractivity contribution in [1.29, 1.82) is 0 Å². The standard InChI is InChI=1S/C25H32N4O6S/c1-5-33-19-14-18(29-7-9-32-10-8-29)20(34-6-2)13-17(19)28-23-21-16(3)22(25(30)35-12-11-31-4)36-24(21)27-15-26-23/h13-15H,5-12H2,1-4H3,(H,26,27,28). The molecule has 0 unspecified atom stereocenters. The number of morpholine rings is 1. The highest BCUT2D eigenvalue weighted by Gasteiger charge is 2.23. The van der Waals surface area contributed by atoms with Gasteiger partial charge in [0.25, 0.3) is 0 Å². The molecule has 36 heavy (non-hydrogen) atoms. The first kappa shape index (κ1) is 25.9. The zero-order valence-electron chi connectivity index (χ0n) is 21.1. The van der Waals surface area contributed by atoms with Crippen molar-refractivity contribution in [2.24, 2.45) is 0 Å². The number of esters is 1. The SMILES string of the molecule is CCOc1cc(N2CCOCC2)c(OCC)cc1Nc1ncnc2sc(C(=O)OCCOC)c(C)c12. The molecule has 0 aliphatic carbocycles. The van der Waals surface area contributed by atoms with E-state index in [1.165, 1.54) is 17.7 Å². The molecule has 1 aliphatic rings. The van der Waals surface area contributed by atoms with Gasteiger partial charge in [-0.25, -0.2) is 14.8 Å². The second kappa shape index (κ2) is 12.2. The fourth-order valence-corrected chi connectivity index (χ4v) is 5.06. The van der Waals surface area contributed by atoms with Crippen LogP contribution in [-0.2, 0) is 14.2 Å². The molecule has 0 amide bonds. The summed E-state index contributed by atoms with van der Waals surface area (Å²) in [5.74, 6) is 1.61. The van der Waals surface area contributed by atoms with Crippen LogP contribution in [0.1, 0.15) is 29.1 Å². The molecule has 4 rings (SSSR count). The van der Waals surface area contributed by atoms with E-state index >= 15 is 0 Å². The number of anilines is 3. The molecule has 3 heterocycles. The van der Waals surface area contributed by atoms with Gasteiger partial charge in [0.1, 0.15) is 40.0 Å². The van der Waals surface area contributed by atoms with Crippen molar-refractivity contribution in [2.45, 2.75) is 20.8 Å². The Labute approximate surface area is 214 Å². The van der Waals surface area contributed by atoms with Crippen molar-refractivity contribution in [1.82, 2.24) is 9.97 Å². The van der Waals surface area contributed by atoms with E-state index in [4.69, 9.17) is 23.7 Å². The molecule has 1 aliphatic heterocycles. The molecule has 0 atom stereocenters. The van der Waals surface area contributed by atoms with Crippen LogP contribution >= 0.6 is 11.3 Å². The molecule has 0 radical (unpaired) electrons. The molecule has 1 N–H and O–H groups in total. The van der Waals surface area contributed by atoms with Crippen molar-refractivity contribution < 1.29 is 28.5 Å². The minimum absolute atomic E-state index is 0.188. The number of rotatable bonds is 11. The summed E-state index contributed by atoms with van der Waals surface area (Å²) in [6.07, 6.45) is 1.48. The van der Waals surface area contributed by atoms with Crippen molar-refractivity contribution in [3.05, 3.63) is 28.9 Å². The molecule has 1 saturated heterocycles. The average Bonchev–Trinajstić information content (AvgIpc) is 3.23. The van der Waals surface area contributed by atoms with Crippen molar-refractivity contribution in [2.75, 3.05) is 70.1 Å².